The lowest BCUT2D eigenvalue weighted by molar-refractivity contribution is 0.108. The Morgan fingerprint density at radius 1 is 1.06 bits per heavy atom. The third kappa shape index (κ3) is 1.72. The monoisotopic (exact) mass is 274 g/mol. The number of rotatable bonds is 1. The quantitative estimate of drug-likeness (QED) is 0.366. The molecule has 3 rings (SSSR count). The molecule has 3 aromatic rings. The van der Waals surface area contributed by atoms with Crippen LogP contribution >= 0.6 is 23.8 Å². The number of hydrogen-bond acceptors (Lipinski definition) is 3. The molecule has 1 heterocycles. The van der Waals surface area contributed by atoms with Gasteiger partial charge in [-0.1, -0.05) is 24.4 Å². The fraction of sp³-hybridized carbons (Fsp3) is 0. The maximum Gasteiger partial charge on any atom is 0.252 e. The first-order valence-electron chi connectivity index (χ1n) is 5.32. The van der Waals surface area contributed by atoms with E-state index >= 15 is 0 Å². The van der Waals surface area contributed by atoms with Crippen LogP contribution in [-0.4, -0.2) is 5.24 Å². The molecule has 0 aliphatic heterocycles. The molecular weight excluding hydrogens is 268 g/mol. The highest BCUT2D eigenvalue weighted by molar-refractivity contribution is 7.72. The summed E-state index contributed by atoms with van der Waals surface area (Å²) in [7, 11) is 0. The number of halogens is 1. The van der Waals surface area contributed by atoms with Crippen molar-refractivity contribution in [3.8, 4) is 0 Å². The Morgan fingerprint density at radius 3 is 2.56 bits per heavy atom. The Balaban J connectivity index is 2.48. The molecule has 4 heteroatoms. The Morgan fingerprint density at radius 2 is 1.78 bits per heavy atom. The molecule has 0 bridgehead atoms. The van der Waals surface area contributed by atoms with E-state index in [0.29, 0.717) is 16.7 Å². The molecule has 0 radical (unpaired) electrons. The van der Waals surface area contributed by atoms with Crippen LogP contribution in [0.3, 0.4) is 0 Å². The van der Waals surface area contributed by atoms with Crippen LogP contribution in [0.2, 0.25) is 0 Å². The molecule has 0 aliphatic rings. The number of carbonyl (C=O) groups excluding carboxylic acids is 1. The Hall–Kier alpha value is -1.71. The van der Waals surface area contributed by atoms with E-state index in [1.54, 1.807) is 18.2 Å². The third-order valence-corrected chi connectivity index (χ3v) is 3.46. The highest BCUT2D eigenvalue weighted by Gasteiger charge is 2.07. The van der Waals surface area contributed by atoms with Crippen molar-refractivity contribution in [1.29, 1.82) is 0 Å². The lowest BCUT2D eigenvalue weighted by Crippen LogP contribution is -1.88. The van der Waals surface area contributed by atoms with Gasteiger partial charge in [-0.05, 0) is 41.9 Å². The van der Waals surface area contributed by atoms with Gasteiger partial charge in [-0.25, -0.2) is 0 Å². The van der Waals surface area contributed by atoms with E-state index in [9.17, 15) is 4.79 Å². The Bertz CT molecular complexity index is 836. The van der Waals surface area contributed by atoms with Gasteiger partial charge in [0.1, 0.15) is 11.2 Å². The van der Waals surface area contributed by atoms with Crippen molar-refractivity contribution in [3.63, 3.8) is 0 Å². The summed E-state index contributed by atoms with van der Waals surface area (Å²) in [4.78, 5) is 11.1. The standard InChI is InChI=1S/C14H7ClO2S/c15-14(16)8-5-6-10-12(7-8)17-11-4-2-1-3-9(11)13(10)18/h1-7H. The first-order chi connectivity index (χ1) is 8.66. The van der Waals surface area contributed by atoms with Crippen molar-refractivity contribution in [2.24, 2.45) is 0 Å². The minimum Gasteiger partial charge on any atom is -0.456 e. The maximum atomic E-state index is 11.1. The average Bonchev–Trinajstić information content (AvgIpc) is 2.38. The van der Waals surface area contributed by atoms with Gasteiger partial charge >= 0.3 is 0 Å². The van der Waals surface area contributed by atoms with E-state index in [1.165, 1.54) is 0 Å². The van der Waals surface area contributed by atoms with Crippen LogP contribution in [0.5, 0.6) is 0 Å². The summed E-state index contributed by atoms with van der Waals surface area (Å²) >= 11 is 10.9. The number of fused-ring (bicyclic) bond motifs is 2. The van der Waals surface area contributed by atoms with Crippen LogP contribution in [-0.2, 0) is 0 Å². The molecule has 0 N–H and O–H groups in total. The summed E-state index contributed by atoms with van der Waals surface area (Å²) in [6.07, 6.45) is 0. The second kappa shape index (κ2) is 4.19. The van der Waals surface area contributed by atoms with Gasteiger partial charge < -0.3 is 4.42 Å². The molecule has 2 nitrogen and oxygen atoms in total. The van der Waals surface area contributed by atoms with Crippen LogP contribution in [0.15, 0.2) is 46.9 Å². The second-order valence-electron chi connectivity index (χ2n) is 3.91. The minimum absolute atomic E-state index is 0.401. The molecule has 88 valence electrons. The Labute approximate surface area is 113 Å². The highest BCUT2D eigenvalue weighted by atomic mass is 35.5. The van der Waals surface area contributed by atoms with Crippen LogP contribution < -0.4 is 0 Å². The molecule has 0 spiro atoms. The van der Waals surface area contributed by atoms with E-state index in [2.05, 4.69) is 0 Å². The van der Waals surface area contributed by atoms with Crippen molar-refractivity contribution in [1.82, 2.24) is 0 Å². The number of carbonyl (C=O) groups is 1. The molecule has 0 fully saturated rings. The van der Waals surface area contributed by atoms with Crippen LogP contribution in [0.4, 0.5) is 0 Å². The van der Waals surface area contributed by atoms with E-state index < -0.39 is 5.24 Å². The zero-order valence-corrected chi connectivity index (χ0v) is 10.7. The summed E-state index contributed by atoms with van der Waals surface area (Å²) in [5, 5.41) is 1.20. The summed E-state index contributed by atoms with van der Waals surface area (Å²) in [5.41, 5.74) is 1.68. The first kappa shape index (κ1) is 11.4. The number of hydrogen-bond donors (Lipinski definition) is 0. The topological polar surface area (TPSA) is 30.2 Å². The van der Waals surface area contributed by atoms with Gasteiger partial charge in [0, 0.05) is 16.3 Å². The molecule has 0 saturated heterocycles. The largest absolute Gasteiger partial charge is 0.456 e. The zero-order valence-electron chi connectivity index (χ0n) is 9.14. The van der Waals surface area contributed by atoms with Gasteiger partial charge in [0.2, 0.25) is 0 Å². The molecule has 2 aromatic carbocycles. The van der Waals surface area contributed by atoms with E-state index in [-0.39, 0.29) is 0 Å². The number of benzene rings is 2. The lowest BCUT2D eigenvalue weighted by Gasteiger charge is -2.03. The van der Waals surface area contributed by atoms with Gasteiger partial charge in [-0.2, -0.15) is 0 Å². The minimum atomic E-state index is -0.508. The summed E-state index contributed by atoms with van der Waals surface area (Å²) in [6.45, 7) is 0. The fourth-order valence-corrected chi connectivity index (χ4v) is 2.38. The second-order valence-corrected chi connectivity index (χ2v) is 4.66. The van der Waals surface area contributed by atoms with E-state index in [1.807, 2.05) is 24.3 Å². The van der Waals surface area contributed by atoms with E-state index in [0.717, 1.165) is 15.3 Å². The Kier molecular flexibility index (Phi) is 2.65. The summed E-state index contributed by atoms with van der Waals surface area (Å²) in [6, 6.07) is 12.6. The molecule has 0 saturated carbocycles. The summed E-state index contributed by atoms with van der Waals surface area (Å²) in [5.74, 6) is 0. The zero-order chi connectivity index (χ0) is 12.7. The van der Waals surface area contributed by atoms with Gasteiger partial charge in [-0.3, -0.25) is 4.79 Å². The van der Waals surface area contributed by atoms with E-state index in [4.69, 9.17) is 28.2 Å². The molecule has 0 aliphatic carbocycles. The summed E-state index contributed by atoms with van der Waals surface area (Å²) < 4.78 is 6.46. The van der Waals surface area contributed by atoms with Crippen molar-refractivity contribution >= 4 is 51.0 Å². The molecular formula is C14H7ClO2S. The van der Waals surface area contributed by atoms with Gasteiger partial charge in [0.05, 0.1) is 4.51 Å². The predicted octanol–water partition coefficient (Wildman–Crippen LogP) is 4.69. The lowest BCUT2D eigenvalue weighted by atomic mass is 10.1. The van der Waals surface area contributed by atoms with Crippen LogP contribution in [0.1, 0.15) is 10.4 Å². The molecule has 0 unspecified atom stereocenters. The predicted molar refractivity (Wildman–Crippen MR) is 74.7 cm³/mol. The third-order valence-electron chi connectivity index (χ3n) is 2.80. The SMILES string of the molecule is O=C(Cl)c1ccc2c(=S)c3ccccc3oc2c1. The molecule has 0 amide bonds. The molecule has 1 aromatic heterocycles. The number of para-hydroxylation sites is 1. The fourth-order valence-electron chi connectivity index (χ4n) is 1.92. The van der Waals surface area contributed by atoms with Gasteiger partial charge in [0.15, 0.2) is 0 Å². The normalized spacial score (nSPS) is 10.9. The van der Waals surface area contributed by atoms with Crippen molar-refractivity contribution in [3.05, 3.63) is 52.5 Å². The smallest absolute Gasteiger partial charge is 0.252 e. The van der Waals surface area contributed by atoms with Crippen LogP contribution in [0.25, 0.3) is 21.9 Å². The first-order valence-corrected chi connectivity index (χ1v) is 6.11. The highest BCUT2D eigenvalue weighted by Crippen LogP contribution is 2.26. The molecule has 0 atom stereocenters. The van der Waals surface area contributed by atoms with Crippen molar-refractivity contribution < 1.29 is 9.21 Å². The van der Waals surface area contributed by atoms with Gasteiger partial charge in [0.25, 0.3) is 5.24 Å². The van der Waals surface area contributed by atoms with Gasteiger partial charge in [-0.15, -0.1) is 0 Å². The van der Waals surface area contributed by atoms with Crippen molar-refractivity contribution in [2.45, 2.75) is 0 Å². The maximum absolute atomic E-state index is 11.1. The molecule has 18 heavy (non-hydrogen) atoms. The van der Waals surface area contributed by atoms with Crippen molar-refractivity contribution in [2.75, 3.05) is 0 Å². The van der Waals surface area contributed by atoms with Crippen LogP contribution in [0, 0.1) is 4.51 Å². The average molecular weight is 275 g/mol.